The molecule has 1 aliphatic rings. The van der Waals surface area contributed by atoms with Crippen molar-refractivity contribution < 1.29 is 27.1 Å². The molecule has 0 saturated carbocycles. The molecule has 1 aromatic heterocycles. The Kier molecular flexibility index (Phi) is 7.17. The average molecular weight is 501 g/mol. The molecule has 1 amide bonds. The number of nitrogens with zero attached hydrogens (tertiary/aromatic N) is 3. The first-order valence-corrected chi connectivity index (χ1v) is 12.3. The van der Waals surface area contributed by atoms with E-state index in [2.05, 4.69) is 10.3 Å². The van der Waals surface area contributed by atoms with Gasteiger partial charge in [0.1, 0.15) is 28.0 Å². The highest BCUT2D eigenvalue weighted by Crippen LogP contribution is 2.31. The smallest absolute Gasteiger partial charge is 0.255 e. The summed E-state index contributed by atoms with van der Waals surface area (Å²) in [5, 5.41) is 2.72. The molecule has 0 aliphatic carbocycles. The minimum Gasteiger partial charge on any atom is -0.497 e. The molecule has 3 aromatic rings. The Morgan fingerprint density at radius 3 is 2.29 bits per heavy atom. The Hall–Kier alpha value is -3.70. The first-order chi connectivity index (χ1) is 16.8. The molecule has 35 heavy (non-hydrogen) atoms. The van der Waals surface area contributed by atoms with Crippen LogP contribution in [0.15, 0.2) is 65.7 Å². The third kappa shape index (κ3) is 5.36. The summed E-state index contributed by atoms with van der Waals surface area (Å²) in [5.74, 6) is 0.625. The van der Waals surface area contributed by atoms with Crippen molar-refractivity contribution in [3.05, 3.63) is 72.2 Å². The van der Waals surface area contributed by atoms with Crippen LogP contribution >= 0.6 is 0 Å². The van der Waals surface area contributed by atoms with Gasteiger partial charge in [0.05, 0.1) is 26.1 Å². The zero-order valence-corrected chi connectivity index (χ0v) is 20.1. The molecular formula is C24H25FN4O5S. The van der Waals surface area contributed by atoms with Crippen molar-refractivity contribution in [1.29, 1.82) is 0 Å². The lowest BCUT2D eigenvalue weighted by molar-refractivity contribution is 0.102. The van der Waals surface area contributed by atoms with Gasteiger partial charge >= 0.3 is 0 Å². The van der Waals surface area contributed by atoms with E-state index in [-0.39, 0.29) is 29.6 Å². The van der Waals surface area contributed by atoms with Crippen LogP contribution in [0.3, 0.4) is 0 Å². The van der Waals surface area contributed by atoms with Gasteiger partial charge in [0.2, 0.25) is 10.0 Å². The van der Waals surface area contributed by atoms with Gasteiger partial charge in [0.25, 0.3) is 5.91 Å². The van der Waals surface area contributed by atoms with Crippen molar-refractivity contribution in [2.24, 2.45) is 0 Å². The van der Waals surface area contributed by atoms with E-state index in [1.54, 1.807) is 24.3 Å². The van der Waals surface area contributed by atoms with Crippen molar-refractivity contribution in [1.82, 2.24) is 9.29 Å². The highest BCUT2D eigenvalue weighted by Gasteiger charge is 2.31. The number of carbonyl (C=O) groups is 1. The van der Waals surface area contributed by atoms with Crippen LogP contribution in [0.2, 0.25) is 0 Å². The van der Waals surface area contributed by atoms with Gasteiger partial charge in [-0.15, -0.1) is 0 Å². The molecule has 11 heteroatoms. The maximum atomic E-state index is 13.2. The number of halogens is 1. The fourth-order valence-electron chi connectivity index (χ4n) is 3.74. The summed E-state index contributed by atoms with van der Waals surface area (Å²) in [6.45, 7) is 1.46. The van der Waals surface area contributed by atoms with E-state index in [1.807, 2.05) is 4.90 Å². The van der Waals surface area contributed by atoms with E-state index in [0.29, 0.717) is 35.9 Å². The fourth-order valence-corrected chi connectivity index (χ4v) is 5.29. The first-order valence-electron chi connectivity index (χ1n) is 10.8. The topological polar surface area (TPSA) is 101 Å². The maximum Gasteiger partial charge on any atom is 0.255 e. The predicted octanol–water partition coefficient (Wildman–Crippen LogP) is 3.00. The number of pyridine rings is 1. The van der Waals surface area contributed by atoms with Crippen LogP contribution in [-0.2, 0) is 10.0 Å². The highest BCUT2D eigenvalue weighted by molar-refractivity contribution is 7.89. The normalized spacial score (nSPS) is 14.4. The van der Waals surface area contributed by atoms with E-state index < -0.39 is 15.8 Å². The van der Waals surface area contributed by atoms with Crippen LogP contribution < -0.4 is 19.7 Å². The lowest BCUT2D eigenvalue weighted by atomic mass is 10.2. The molecule has 2 heterocycles. The van der Waals surface area contributed by atoms with Crippen LogP contribution in [0.25, 0.3) is 0 Å². The number of hydrogen-bond acceptors (Lipinski definition) is 7. The van der Waals surface area contributed by atoms with Crippen molar-refractivity contribution >= 4 is 27.4 Å². The van der Waals surface area contributed by atoms with E-state index >= 15 is 0 Å². The Morgan fingerprint density at radius 1 is 0.971 bits per heavy atom. The van der Waals surface area contributed by atoms with E-state index in [4.69, 9.17) is 9.47 Å². The SMILES string of the molecule is COc1ccc(S(=O)(=O)N2CCN(c3ccc(NC(=O)c4ccc(F)cc4)cn3)CC2)c(OC)c1. The van der Waals surface area contributed by atoms with E-state index in [0.717, 1.165) is 0 Å². The number of amides is 1. The quantitative estimate of drug-likeness (QED) is 0.532. The summed E-state index contributed by atoms with van der Waals surface area (Å²) in [6.07, 6.45) is 1.53. The number of carbonyl (C=O) groups excluding carboxylic acids is 1. The predicted molar refractivity (Wildman–Crippen MR) is 129 cm³/mol. The fraction of sp³-hybridized carbons (Fsp3) is 0.250. The van der Waals surface area contributed by atoms with Gasteiger partial charge < -0.3 is 19.7 Å². The van der Waals surface area contributed by atoms with Crippen molar-refractivity contribution in [3.63, 3.8) is 0 Å². The number of piperazine rings is 1. The molecule has 0 bridgehead atoms. The molecule has 4 rings (SSSR count). The summed E-state index contributed by atoms with van der Waals surface area (Å²) >= 11 is 0. The number of anilines is 2. The van der Waals surface area contributed by atoms with Crippen LogP contribution in [-0.4, -0.2) is 64.0 Å². The molecule has 0 unspecified atom stereocenters. The molecule has 184 valence electrons. The van der Waals surface area contributed by atoms with Gasteiger partial charge in [-0.25, -0.2) is 17.8 Å². The first kappa shape index (κ1) is 24.4. The molecule has 1 aliphatic heterocycles. The number of benzene rings is 2. The van der Waals surface area contributed by atoms with Gasteiger partial charge in [0.15, 0.2) is 0 Å². The molecule has 1 fully saturated rings. The number of methoxy groups -OCH3 is 2. The Labute approximate surface area is 203 Å². The van der Waals surface area contributed by atoms with Crippen LogP contribution in [0, 0.1) is 5.82 Å². The largest absolute Gasteiger partial charge is 0.497 e. The van der Waals surface area contributed by atoms with Crippen LogP contribution in [0.4, 0.5) is 15.9 Å². The lowest BCUT2D eigenvalue weighted by Crippen LogP contribution is -2.49. The van der Waals surface area contributed by atoms with Gasteiger partial charge in [-0.05, 0) is 48.5 Å². The zero-order valence-electron chi connectivity index (χ0n) is 19.3. The third-order valence-electron chi connectivity index (χ3n) is 5.66. The summed E-state index contributed by atoms with van der Waals surface area (Å²) in [6, 6.07) is 13.4. The summed E-state index contributed by atoms with van der Waals surface area (Å²) < 4.78 is 51.3. The van der Waals surface area contributed by atoms with Crippen molar-refractivity contribution in [2.45, 2.75) is 4.90 Å². The maximum absolute atomic E-state index is 13.2. The molecule has 2 aromatic carbocycles. The Balaban J connectivity index is 1.39. The minimum atomic E-state index is -3.75. The van der Waals surface area contributed by atoms with E-state index in [9.17, 15) is 17.6 Å². The lowest BCUT2D eigenvalue weighted by Gasteiger charge is -2.34. The van der Waals surface area contributed by atoms with E-state index in [1.165, 1.54) is 55.1 Å². The van der Waals surface area contributed by atoms with Gasteiger partial charge in [-0.1, -0.05) is 0 Å². The Morgan fingerprint density at radius 2 is 1.69 bits per heavy atom. The highest BCUT2D eigenvalue weighted by atomic mass is 32.2. The summed E-state index contributed by atoms with van der Waals surface area (Å²) in [4.78, 5) is 18.8. The number of aromatic nitrogens is 1. The van der Waals surface area contributed by atoms with Crippen molar-refractivity contribution in [2.75, 3.05) is 50.6 Å². The Bertz CT molecular complexity index is 1290. The molecule has 1 N–H and O–H groups in total. The molecule has 0 spiro atoms. The zero-order chi connectivity index (χ0) is 25.0. The molecule has 0 atom stereocenters. The van der Waals surface area contributed by atoms with Gasteiger partial charge in [-0.3, -0.25) is 4.79 Å². The number of nitrogens with one attached hydrogen (secondary N) is 1. The molecule has 0 radical (unpaired) electrons. The number of rotatable bonds is 7. The van der Waals surface area contributed by atoms with Gasteiger partial charge in [-0.2, -0.15) is 4.31 Å². The second-order valence-electron chi connectivity index (χ2n) is 7.77. The minimum absolute atomic E-state index is 0.0913. The van der Waals surface area contributed by atoms with Crippen LogP contribution in [0.1, 0.15) is 10.4 Å². The van der Waals surface area contributed by atoms with Crippen molar-refractivity contribution in [3.8, 4) is 11.5 Å². The molecule has 9 nitrogen and oxygen atoms in total. The third-order valence-corrected chi connectivity index (χ3v) is 7.60. The van der Waals surface area contributed by atoms with Crippen LogP contribution in [0.5, 0.6) is 11.5 Å². The number of hydrogen-bond donors (Lipinski definition) is 1. The number of sulfonamides is 1. The standard InChI is InChI=1S/C24H25FN4O5S/c1-33-20-8-9-22(21(15-20)34-2)35(31,32)29-13-11-28(12-14-29)23-10-7-19(16-26-23)27-24(30)17-3-5-18(25)6-4-17/h3-10,15-16H,11-14H2,1-2H3,(H,27,30). The molecular weight excluding hydrogens is 475 g/mol. The average Bonchev–Trinajstić information content (AvgIpc) is 2.89. The number of ether oxygens (including phenoxy) is 2. The second kappa shape index (κ2) is 10.3. The molecule has 1 saturated heterocycles. The second-order valence-corrected chi connectivity index (χ2v) is 9.68. The summed E-state index contributed by atoms with van der Waals surface area (Å²) in [5.41, 5.74) is 0.831. The monoisotopic (exact) mass is 500 g/mol. The summed E-state index contributed by atoms with van der Waals surface area (Å²) in [7, 11) is -0.828. The van der Waals surface area contributed by atoms with Gasteiger partial charge in [0, 0.05) is 37.8 Å².